The highest BCUT2D eigenvalue weighted by Gasteiger charge is 2.32. The van der Waals surface area contributed by atoms with E-state index in [-0.39, 0.29) is 12.1 Å². The first-order valence-electron chi connectivity index (χ1n) is 7.83. The van der Waals surface area contributed by atoms with Crippen molar-refractivity contribution in [2.75, 3.05) is 19.8 Å². The first-order valence-corrected chi connectivity index (χ1v) is 7.83. The Hall–Kier alpha value is -1.40. The summed E-state index contributed by atoms with van der Waals surface area (Å²) in [5.74, 6) is -0.238. The highest BCUT2D eigenvalue weighted by atomic mass is 16.5. The Kier molecular flexibility index (Phi) is 4.55. The molecule has 2 aliphatic rings. The predicted molar refractivity (Wildman–Crippen MR) is 76.8 cm³/mol. The van der Waals surface area contributed by atoms with Gasteiger partial charge in [0.2, 0.25) is 0 Å². The summed E-state index contributed by atoms with van der Waals surface area (Å²) in [4.78, 5) is 16.5. The van der Waals surface area contributed by atoms with Crippen molar-refractivity contribution >= 4 is 5.97 Å². The monoisotopic (exact) mass is 293 g/mol. The van der Waals surface area contributed by atoms with Gasteiger partial charge in [-0.05, 0) is 32.6 Å². The topological polar surface area (TPSA) is 65.4 Å². The van der Waals surface area contributed by atoms with E-state index in [0.717, 1.165) is 38.0 Å². The van der Waals surface area contributed by atoms with E-state index in [1.165, 1.54) is 0 Å². The number of nitrogens with zero attached hydrogens (tertiary/aromatic N) is 2. The van der Waals surface area contributed by atoms with Crippen LogP contribution in [0.1, 0.15) is 50.4 Å². The van der Waals surface area contributed by atoms with Gasteiger partial charge in [-0.15, -0.1) is 0 Å². The van der Waals surface area contributed by atoms with Gasteiger partial charge in [-0.25, -0.2) is 9.78 Å². The fraction of sp³-hybridized carbons (Fsp3) is 0.733. The Morgan fingerprint density at radius 3 is 3.10 bits per heavy atom. The summed E-state index contributed by atoms with van der Waals surface area (Å²) in [5.41, 5.74) is 0.897. The molecule has 1 saturated carbocycles. The van der Waals surface area contributed by atoms with Crippen molar-refractivity contribution in [1.29, 1.82) is 0 Å². The van der Waals surface area contributed by atoms with E-state index in [1.54, 1.807) is 6.20 Å². The Morgan fingerprint density at radius 2 is 2.43 bits per heavy atom. The zero-order valence-electron chi connectivity index (χ0n) is 12.5. The van der Waals surface area contributed by atoms with E-state index >= 15 is 0 Å². The average Bonchev–Trinajstić information content (AvgIpc) is 3.00. The Morgan fingerprint density at radius 1 is 1.57 bits per heavy atom. The van der Waals surface area contributed by atoms with Crippen LogP contribution in [0.3, 0.4) is 0 Å². The molecule has 1 aliphatic heterocycles. The molecule has 116 valence electrons. The minimum Gasteiger partial charge on any atom is -0.465 e. The number of ether oxygens (including phenoxy) is 2. The highest BCUT2D eigenvalue weighted by Crippen LogP contribution is 2.37. The summed E-state index contributed by atoms with van der Waals surface area (Å²) in [5, 5.41) is 3.31. The van der Waals surface area contributed by atoms with E-state index in [2.05, 4.69) is 14.9 Å². The van der Waals surface area contributed by atoms with Crippen LogP contribution in [-0.4, -0.2) is 41.4 Å². The molecule has 1 aliphatic carbocycles. The maximum atomic E-state index is 12.3. The molecule has 0 radical (unpaired) electrons. The van der Waals surface area contributed by atoms with Gasteiger partial charge in [0, 0.05) is 19.2 Å². The van der Waals surface area contributed by atoms with Crippen molar-refractivity contribution in [2.45, 2.75) is 50.8 Å². The number of imidazole rings is 1. The van der Waals surface area contributed by atoms with Crippen molar-refractivity contribution in [3.8, 4) is 0 Å². The molecule has 3 rings (SSSR count). The number of nitrogens with one attached hydrogen (secondary N) is 1. The number of rotatable bonds is 7. The molecule has 2 atom stereocenters. The Bertz CT molecular complexity index is 478. The fourth-order valence-corrected chi connectivity index (χ4v) is 2.79. The van der Waals surface area contributed by atoms with Crippen LogP contribution in [0, 0.1) is 0 Å². The van der Waals surface area contributed by atoms with Crippen molar-refractivity contribution in [1.82, 2.24) is 14.9 Å². The second-order valence-electron chi connectivity index (χ2n) is 5.69. The molecule has 2 unspecified atom stereocenters. The second-order valence-corrected chi connectivity index (χ2v) is 5.69. The molecule has 6 nitrogen and oxygen atoms in total. The lowest BCUT2D eigenvalue weighted by molar-refractivity contribution is -0.146. The SMILES string of the molecule is CCOC(=O)C(NCC1CCCO1)c1cncn1C1CC1. The van der Waals surface area contributed by atoms with Gasteiger partial charge < -0.3 is 14.0 Å². The van der Waals surface area contributed by atoms with E-state index in [4.69, 9.17) is 9.47 Å². The van der Waals surface area contributed by atoms with Crippen LogP contribution in [0.15, 0.2) is 12.5 Å². The second kappa shape index (κ2) is 6.58. The minimum atomic E-state index is -0.461. The van der Waals surface area contributed by atoms with Gasteiger partial charge in [-0.1, -0.05) is 0 Å². The molecular formula is C15H23N3O3. The number of hydrogen-bond acceptors (Lipinski definition) is 5. The first-order chi connectivity index (χ1) is 10.3. The van der Waals surface area contributed by atoms with Crippen molar-refractivity contribution < 1.29 is 14.3 Å². The quantitative estimate of drug-likeness (QED) is 0.773. The van der Waals surface area contributed by atoms with Gasteiger partial charge in [0.1, 0.15) is 6.04 Å². The third kappa shape index (κ3) is 3.44. The first kappa shape index (κ1) is 14.5. The molecule has 1 aromatic heterocycles. The van der Waals surface area contributed by atoms with Crippen LogP contribution in [0.25, 0.3) is 0 Å². The summed E-state index contributed by atoms with van der Waals surface area (Å²) in [6, 6.07) is 0.0289. The van der Waals surface area contributed by atoms with Gasteiger partial charge in [0.25, 0.3) is 0 Å². The summed E-state index contributed by atoms with van der Waals surface area (Å²) < 4.78 is 12.9. The van der Waals surface area contributed by atoms with Crippen LogP contribution in [0.4, 0.5) is 0 Å². The highest BCUT2D eigenvalue weighted by molar-refractivity contribution is 5.77. The average molecular weight is 293 g/mol. The van der Waals surface area contributed by atoms with Crippen LogP contribution < -0.4 is 5.32 Å². The normalized spacial score (nSPS) is 23.2. The Labute approximate surface area is 124 Å². The summed E-state index contributed by atoms with van der Waals surface area (Å²) in [6.07, 6.45) is 8.23. The largest absolute Gasteiger partial charge is 0.465 e. The number of esters is 1. The molecule has 0 spiro atoms. The standard InChI is InChI=1S/C15H23N3O3/c1-2-20-15(19)14(17-8-12-4-3-7-21-12)13-9-16-10-18(13)11-5-6-11/h9-12,14,17H,2-8H2,1H3. The summed E-state index contributed by atoms with van der Waals surface area (Å²) >= 11 is 0. The molecular weight excluding hydrogens is 270 g/mol. The molecule has 0 aromatic carbocycles. The summed E-state index contributed by atoms with van der Waals surface area (Å²) in [7, 11) is 0. The molecule has 21 heavy (non-hydrogen) atoms. The third-order valence-corrected chi connectivity index (χ3v) is 4.03. The fourth-order valence-electron chi connectivity index (χ4n) is 2.79. The van der Waals surface area contributed by atoms with Crippen LogP contribution in [-0.2, 0) is 14.3 Å². The predicted octanol–water partition coefficient (Wildman–Crippen LogP) is 1.59. The molecule has 1 N–H and O–H groups in total. The molecule has 0 amide bonds. The van der Waals surface area contributed by atoms with Gasteiger partial charge >= 0.3 is 5.97 Å². The smallest absolute Gasteiger partial charge is 0.329 e. The molecule has 1 aromatic rings. The molecule has 2 fully saturated rings. The lowest BCUT2D eigenvalue weighted by Crippen LogP contribution is -2.36. The van der Waals surface area contributed by atoms with Crippen molar-refractivity contribution in [3.05, 3.63) is 18.2 Å². The van der Waals surface area contributed by atoms with Crippen LogP contribution in [0.2, 0.25) is 0 Å². The van der Waals surface area contributed by atoms with Gasteiger partial charge in [0.15, 0.2) is 0 Å². The molecule has 2 heterocycles. The van der Waals surface area contributed by atoms with E-state index in [9.17, 15) is 4.79 Å². The zero-order valence-corrected chi connectivity index (χ0v) is 12.5. The lowest BCUT2D eigenvalue weighted by atomic mass is 10.2. The number of carbonyl (C=O) groups excluding carboxylic acids is 1. The summed E-state index contributed by atoms with van der Waals surface area (Å²) in [6.45, 7) is 3.69. The zero-order chi connectivity index (χ0) is 14.7. The molecule has 1 saturated heterocycles. The van der Waals surface area contributed by atoms with Crippen LogP contribution in [0.5, 0.6) is 0 Å². The van der Waals surface area contributed by atoms with Crippen LogP contribution >= 0.6 is 0 Å². The third-order valence-electron chi connectivity index (χ3n) is 4.03. The number of hydrogen-bond donors (Lipinski definition) is 1. The van der Waals surface area contributed by atoms with E-state index in [0.29, 0.717) is 19.2 Å². The van der Waals surface area contributed by atoms with E-state index in [1.807, 2.05) is 13.3 Å². The number of carbonyl (C=O) groups is 1. The molecule has 6 heteroatoms. The molecule has 0 bridgehead atoms. The van der Waals surface area contributed by atoms with Crippen molar-refractivity contribution in [3.63, 3.8) is 0 Å². The van der Waals surface area contributed by atoms with Crippen molar-refractivity contribution in [2.24, 2.45) is 0 Å². The van der Waals surface area contributed by atoms with Gasteiger partial charge in [0.05, 0.1) is 30.9 Å². The Balaban J connectivity index is 1.71. The maximum absolute atomic E-state index is 12.3. The maximum Gasteiger partial charge on any atom is 0.329 e. The number of aromatic nitrogens is 2. The van der Waals surface area contributed by atoms with Gasteiger partial charge in [-0.2, -0.15) is 0 Å². The minimum absolute atomic E-state index is 0.194. The lowest BCUT2D eigenvalue weighted by Gasteiger charge is -2.20. The van der Waals surface area contributed by atoms with E-state index < -0.39 is 6.04 Å². The van der Waals surface area contributed by atoms with Gasteiger partial charge in [-0.3, -0.25) is 5.32 Å².